The molecule has 0 atom stereocenters. The first kappa shape index (κ1) is 13.4. The predicted octanol–water partition coefficient (Wildman–Crippen LogP) is 0.609. The number of nitrogens with zero attached hydrogens (tertiary/aromatic N) is 1. The molecule has 0 aromatic carbocycles. The highest BCUT2D eigenvalue weighted by Crippen LogP contribution is 2.14. The maximum absolute atomic E-state index is 11.7. The summed E-state index contributed by atoms with van der Waals surface area (Å²) in [4.78, 5) is 13.5. The summed E-state index contributed by atoms with van der Waals surface area (Å²) >= 11 is 0. The zero-order valence-electron chi connectivity index (χ0n) is 9.67. The van der Waals surface area contributed by atoms with Crippen LogP contribution >= 0.6 is 0 Å². The molecule has 0 saturated heterocycles. The summed E-state index contributed by atoms with van der Waals surface area (Å²) < 4.78 is 5.20. The van der Waals surface area contributed by atoms with Gasteiger partial charge in [0.1, 0.15) is 0 Å². The Morgan fingerprint density at radius 3 is 2.43 bits per heavy atom. The van der Waals surface area contributed by atoms with Gasteiger partial charge < -0.3 is 15.4 Å². The molecule has 0 saturated carbocycles. The minimum Gasteiger partial charge on any atom is -0.378 e. The summed E-state index contributed by atoms with van der Waals surface area (Å²) in [6, 6.07) is 0. The molecule has 1 amide bonds. The van der Waals surface area contributed by atoms with Gasteiger partial charge in [0.25, 0.3) is 0 Å². The van der Waals surface area contributed by atoms with E-state index in [2.05, 4.69) is 0 Å². The van der Waals surface area contributed by atoms with Crippen LogP contribution in [0.1, 0.15) is 27.2 Å². The van der Waals surface area contributed by atoms with Gasteiger partial charge in [-0.25, -0.2) is 0 Å². The molecule has 0 radical (unpaired) electrons. The van der Waals surface area contributed by atoms with E-state index in [1.165, 1.54) is 0 Å². The molecule has 84 valence electrons. The first-order valence-electron chi connectivity index (χ1n) is 5.00. The van der Waals surface area contributed by atoms with E-state index in [0.717, 1.165) is 0 Å². The zero-order valence-corrected chi connectivity index (χ0v) is 9.67. The number of amides is 1. The maximum Gasteiger partial charge on any atom is 0.225 e. The number of nitrogens with two attached hydrogens (primary N) is 1. The third-order valence-corrected chi connectivity index (χ3v) is 2.26. The normalized spacial score (nSPS) is 11.5. The van der Waals surface area contributed by atoms with Crippen molar-refractivity contribution in [2.24, 2.45) is 5.73 Å². The molecule has 0 aromatic heterocycles. The molecule has 2 N–H and O–H groups in total. The van der Waals surface area contributed by atoms with Gasteiger partial charge in [-0.2, -0.15) is 0 Å². The Kier molecular flexibility index (Phi) is 5.72. The van der Waals surface area contributed by atoms with Crippen LogP contribution < -0.4 is 5.73 Å². The largest absolute Gasteiger partial charge is 0.378 e. The first-order chi connectivity index (χ1) is 6.46. The Bertz CT molecular complexity index is 181. The second kappa shape index (κ2) is 5.98. The standard InChI is InChI=1S/C10H22N2O2/c1-5-12(7-6-11)9(13)8-10(2,3)14-4/h5-8,11H2,1-4H3. The number of hydrogen-bond acceptors (Lipinski definition) is 3. The molecule has 0 aliphatic heterocycles. The van der Waals surface area contributed by atoms with Crippen molar-refractivity contribution in [3.63, 3.8) is 0 Å². The van der Waals surface area contributed by atoms with Gasteiger partial charge >= 0.3 is 0 Å². The third-order valence-electron chi connectivity index (χ3n) is 2.26. The number of ether oxygens (including phenoxy) is 1. The molecule has 0 rings (SSSR count). The van der Waals surface area contributed by atoms with Crippen molar-refractivity contribution in [2.45, 2.75) is 32.8 Å². The summed E-state index contributed by atoms with van der Waals surface area (Å²) in [5, 5.41) is 0. The van der Waals surface area contributed by atoms with E-state index in [-0.39, 0.29) is 11.5 Å². The van der Waals surface area contributed by atoms with Crippen LogP contribution in [0, 0.1) is 0 Å². The highest BCUT2D eigenvalue weighted by Gasteiger charge is 2.23. The molecule has 0 aliphatic carbocycles. The van der Waals surface area contributed by atoms with Crippen molar-refractivity contribution in [2.75, 3.05) is 26.7 Å². The average Bonchev–Trinajstić information content (AvgIpc) is 2.13. The molecule has 0 spiro atoms. The van der Waals surface area contributed by atoms with Crippen LogP contribution in [-0.4, -0.2) is 43.2 Å². The fourth-order valence-corrected chi connectivity index (χ4v) is 1.16. The van der Waals surface area contributed by atoms with E-state index < -0.39 is 0 Å². The average molecular weight is 202 g/mol. The van der Waals surface area contributed by atoms with Crippen LogP contribution in [0.3, 0.4) is 0 Å². The molecule has 0 unspecified atom stereocenters. The molecule has 14 heavy (non-hydrogen) atoms. The second-order valence-electron chi connectivity index (χ2n) is 3.90. The predicted molar refractivity (Wildman–Crippen MR) is 57.0 cm³/mol. The summed E-state index contributed by atoms with van der Waals surface area (Å²) in [7, 11) is 1.62. The lowest BCUT2D eigenvalue weighted by molar-refractivity contribution is -0.136. The van der Waals surface area contributed by atoms with E-state index in [9.17, 15) is 4.79 Å². The molecular weight excluding hydrogens is 180 g/mol. The Balaban J connectivity index is 4.16. The van der Waals surface area contributed by atoms with E-state index in [0.29, 0.717) is 26.1 Å². The van der Waals surface area contributed by atoms with Crippen molar-refractivity contribution in [1.29, 1.82) is 0 Å². The van der Waals surface area contributed by atoms with Gasteiger partial charge in [-0.05, 0) is 20.8 Å². The van der Waals surface area contributed by atoms with Crippen molar-refractivity contribution < 1.29 is 9.53 Å². The van der Waals surface area contributed by atoms with Gasteiger partial charge in [0.05, 0.1) is 12.0 Å². The van der Waals surface area contributed by atoms with Crippen molar-refractivity contribution >= 4 is 5.91 Å². The number of likely N-dealkylation sites (N-methyl/N-ethyl adjacent to an activating group) is 1. The number of carbonyl (C=O) groups excluding carboxylic acids is 1. The summed E-state index contributed by atoms with van der Waals surface area (Å²) in [5.74, 6) is 0.102. The lowest BCUT2D eigenvalue weighted by Gasteiger charge is -2.27. The fourth-order valence-electron chi connectivity index (χ4n) is 1.16. The minimum atomic E-state index is -0.390. The molecule has 4 heteroatoms. The molecule has 0 aliphatic rings. The first-order valence-corrected chi connectivity index (χ1v) is 5.00. The highest BCUT2D eigenvalue weighted by molar-refractivity contribution is 5.77. The van der Waals surface area contributed by atoms with Crippen LogP contribution in [0.4, 0.5) is 0 Å². The van der Waals surface area contributed by atoms with Crippen LogP contribution in [0.25, 0.3) is 0 Å². The summed E-state index contributed by atoms with van der Waals surface area (Å²) in [6.45, 7) is 7.59. The van der Waals surface area contributed by atoms with Gasteiger partial charge in [-0.3, -0.25) is 4.79 Å². The van der Waals surface area contributed by atoms with Crippen LogP contribution in [-0.2, 0) is 9.53 Å². The Morgan fingerprint density at radius 1 is 1.50 bits per heavy atom. The maximum atomic E-state index is 11.7. The second-order valence-corrected chi connectivity index (χ2v) is 3.90. The zero-order chi connectivity index (χ0) is 11.2. The molecular formula is C10H22N2O2. The van der Waals surface area contributed by atoms with Gasteiger partial charge in [-0.15, -0.1) is 0 Å². The molecule has 0 aromatic rings. The number of methoxy groups -OCH3 is 1. The molecule has 0 fully saturated rings. The number of carbonyl (C=O) groups is 1. The lowest BCUT2D eigenvalue weighted by atomic mass is 10.0. The third kappa shape index (κ3) is 4.58. The van der Waals surface area contributed by atoms with Gasteiger partial charge in [-0.1, -0.05) is 0 Å². The number of hydrogen-bond donors (Lipinski definition) is 1. The highest BCUT2D eigenvalue weighted by atomic mass is 16.5. The lowest BCUT2D eigenvalue weighted by Crippen LogP contribution is -2.39. The van der Waals surface area contributed by atoms with Gasteiger partial charge in [0.15, 0.2) is 0 Å². The summed E-state index contributed by atoms with van der Waals surface area (Å²) in [5.41, 5.74) is 5.02. The van der Waals surface area contributed by atoms with Gasteiger partial charge in [0, 0.05) is 26.7 Å². The summed E-state index contributed by atoms with van der Waals surface area (Å²) in [6.07, 6.45) is 0.400. The monoisotopic (exact) mass is 202 g/mol. The Morgan fingerprint density at radius 2 is 2.07 bits per heavy atom. The Hall–Kier alpha value is -0.610. The van der Waals surface area contributed by atoms with E-state index in [1.54, 1.807) is 12.0 Å². The SMILES string of the molecule is CCN(CCN)C(=O)CC(C)(C)OC. The Labute approximate surface area is 86.4 Å². The number of rotatable bonds is 6. The topological polar surface area (TPSA) is 55.6 Å². The van der Waals surface area contributed by atoms with E-state index in [4.69, 9.17) is 10.5 Å². The van der Waals surface area contributed by atoms with Crippen LogP contribution in [0.15, 0.2) is 0 Å². The fraction of sp³-hybridized carbons (Fsp3) is 0.900. The van der Waals surface area contributed by atoms with Crippen LogP contribution in [0.5, 0.6) is 0 Å². The molecule has 4 nitrogen and oxygen atoms in total. The van der Waals surface area contributed by atoms with E-state index >= 15 is 0 Å². The van der Waals surface area contributed by atoms with Gasteiger partial charge in [0.2, 0.25) is 5.91 Å². The molecule has 0 bridgehead atoms. The molecule has 0 heterocycles. The van der Waals surface area contributed by atoms with Crippen LogP contribution in [0.2, 0.25) is 0 Å². The smallest absolute Gasteiger partial charge is 0.225 e. The van der Waals surface area contributed by atoms with Crippen molar-refractivity contribution in [1.82, 2.24) is 4.90 Å². The quantitative estimate of drug-likeness (QED) is 0.686. The van der Waals surface area contributed by atoms with Crippen molar-refractivity contribution in [3.8, 4) is 0 Å². The van der Waals surface area contributed by atoms with Crippen molar-refractivity contribution in [3.05, 3.63) is 0 Å². The van der Waals surface area contributed by atoms with E-state index in [1.807, 2.05) is 20.8 Å². The minimum absolute atomic E-state index is 0.102.